The van der Waals surface area contributed by atoms with Crippen molar-refractivity contribution in [1.82, 2.24) is 0 Å². The Kier molecular flexibility index (Phi) is 6.42. The van der Waals surface area contributed by atoms with Gasteiger partial charge in [0.15, 0.2) is 5.57 Å². The molecule has 0 aliphatic rings. The highest BCUT2D eigenvalue weighted by molar-refractivity contribution is 5.93. The van der Waals surface area contributed by atoms with Gasteiger partial charge >= 0.3 is 5.97 Å². The van der Waals surface area contributed by atoms with E-state index in [4.69, 9.17) is 14.7 Å². The van der Waals surface area contributed by atoms with Crippen LogP contribution in [0.15, 0.2) is 66.4 Å². The van der Waals surface area contributed by atoms with Crippen molar-refractivity contribution in [2.75, 3.05) is 11.9 Å². The van der Waals surface area contributed by atoms with Crippen LogP contribution in [-0.2, 0) is 16.1 Å². The Morgan fingerprint density at radius 3 is 2.50 bits per heavy atom. The summed E-state index contributed by atoms with van der Waals surface area (Å²) in [5.74, 6) is 0.0922. The highest BCUT2D eigenvalue weighted by atomic mass is 16.5. The summed E-state index contributed by atoms with van der Waals surface area (Å²) in [5, 5.41) is 11.8. The normalized spacial score (nSPS) is 10.6. The van der Waals surface area contributed by atoms with Crippen LogP contribution in [-0.4, -0.2) is 12.6 Å². The third-order valence-corrected chi connectivity index (χ3v) is 3.10. The molecule has 5 heteroatoms. The Balaban J connectivity index is 1.92. The van der Waals surface area contributed by atoms with Crippen LogP contribution in [0.1, 0.15) is 12.5 Å². The lowest BCUT2D eigenvalue weighted by Crippen LogP contribution is -2.07. The van der Waals surface area contributed by atoms with E-state index in [0.29, 0.717) is 6.61 Å². The fourth-order valence-corrected chi connectivity index (χ4v) is 1.89. The molecule has 5 nitrogen and oxygen atoms in total. The lowest BCUT2D eigenvalue weighted by Gasteiger charge is -2.07. The van der Waals surface area contributed by atoms with Gasteiger partial charge in [0.25, 0.3) is 0 Å². The number of anilines is 1. The van der Waals surface area contributed by atoms with Crippen molar-refractivity contribution in [1.29, 1.82) is 5.26 Å². The maximum absolute atomic E-state index is 11.5. The van der Waals surface area contributed by atoms with Gasteiger partial charge < -0.3 is 14.8 Å². The van der Waals surface area contributed by atoms with Gasteiger partial charge in [0, 0.05) is 11.9 Å². The van der Waals surface area contributed by atoms with Gasteiger partial charge in [-0.25, -0.2) is 4.79 Å². The second-order valence-electron chi connectivity index (χ2n) is 4.83. The first-order valence-corrected chi connectivity index (χ1v) is 7.53. The molecule has 0 saturated heterocycles. The van der Waals surface area contributed by atoms with Gasteiger partial charge in [0.1, 0.15) is 18.4 Å². The van der Waals surface area contributed by atoms with Gasteiger partial charge in [-0.1, -0.05) is 30.3 Å². The quantitative estimate of drug-likeness (QED) is 0.478. The number of hydrogen-bond donors (Lipinski definition) is 1. The number of carbonyl (C=O) groups is 1. The minimum atomic E-state index is -0.643. The SMILES string of the molecule is CCOC(=O)/C(C#N)=C\Nc1ccc(OCc2ccccc2)cc1. The van der Waals surface area contributed by atoms with E-state index in [-0.39, 0.29) is 12.2 Å². The molecule has 0 amide bonds. The topological polar surface area (TPSA) is 71.4 Å². The third-order valence-electron chi connectivity index (χ3n) is 3.10. The van der Waals surface area contributed by atoms with Gasteiger partial charge in [-0.2, -0.15) is 5.26 Å². The molecule has 0 spiro atoms. The number of rotatable bonds is 7. The zero-order chi connectivity index (χ0) is 17.2. The number of ether oxygens (including phenoxy) is 2. The minimum Gasteiger partial charge on any atom is -0.489 e. The number of nitriles is 1. The van der Waals surface area contributed by atoms with E-state index in [9.17, 15) is 4.79 Å². The van der Waals surface area contributed by atoms with Crippen LogP contribution in [0.4, 0.5) is 5.69 Å². The van der Waals surface area contributed by atoms with Crippen LogP contribution in [0, 0.1) is 11.3 Å². The van der Waals surface area contributed by atoms with Crippen LogP contribution >= 0.6 is 0 Å². The zero-order valence-electron chi connectivity index (χ0n) is 13.4. The first kappa shape index (κ1) is 17.1. The van der Waals surface area contributed by atoms with Crippen LogP contribution in [0.5, 0.6) is 5.75 Å². The third kappa shape index (κ3) is 5.18. The van der Waals surface area contributed by atoms with Crippen molar-refractivity contribution >= 4 is 11.7 Å². The Hall–Kier alpha value is -3.26. The molecule has 2 aromatic rings. The molecule has 24 heavy (non-hydrogen) atoms. The van der Waals surface area contributed by atoms with Crippen LogP contribution in [0.2, 0.25) is 0 Å². The van der Waals surface area contributed by atoms with Gasteiger partial charge in [-0.3, -0.25) is 0 Å². The van der Waals surface area contributed by atoms with E-state index in [1.165, 1.54) is 6.20 Å². The van der Waals surface area contributed by atoms with Crippen molar-refractivity contribution in [3.63, 3.8) is 0 Å². The Morgan fingerprint density at radius 2 is 1.88 bits per heavy atom. The smallest absolute Gasteiger partial charge is 0.350 e. The molecule has 0 aliphatic heterocycles. The number of nitrogens with one attached hydrogen (secondary N) is 1. The Bertz CT molecular complexity index is 731. The molecular formula is C19H18N2O3. The van der Waals surface area contributed by atoms with Crippen molar-refractivity contribution in [3.8, 4) is 11.8 Å². The molecule has 1 N–H and O–H groups in total. The minimum absolute atomic E-state index is 0.0822. The molecule has 0 unspecified atom stereocenters. The molecule has 0 saturated carbocycles. The Morgan fingerprint density at radius 1 is 1.17 bits per heavy atom. The summed E-state index contributed by atoms with van der Waals surface area (Å²) in [4.78, 5) is 11.5. The van der Waals surface area contributed by atoms with Crippen LogP contribution in [0.25, 0.3) is 0 Å². The number of esters is 1. The summed E-state index contributed by atoms with van der Waals surface area (Å²) in [7, 11) is 0. The first-order valence-electron chi connectivity index (χ1n) is 7.53. The van der Waals surface area contributed by atoms with E-state index >= 15 is 0 Å². The van der Waals surface area contributed by atoms with Gasteiger partial charge in [-0.05, 0) is 36.8 Å². The maximum Gasteiger partial charge on any atom is 0.350 e. The molecule has 0 aromatic heterocycles. The Labute approximate surface area is 141 Å². The summed E-state index contributed by atoms with van der Waals surface area (Å²) in [5.41, 5.74) is 1.75. The number of benzene rings is 2. The monoisotopic (exact) mass is 322 g/mol. The zero-order valence-corrected chi connectivity index (χ0v) is 13.4. The molecule has 0 heterocycles. The van der Waals surface area contributed by atoms with E-state index in [2.05, 4.69) is 5.32 Å². The number of carbonyl (C=O) groups excluding carboxylic acids is 1. The summed E-state index contributed by atoms with van der Waals surface area (Å²) in [6.07, 6.45) is 1.33. The molecule has 2 rings (SSSR count). The summed E-state index contributed by atoms with van der Waals surface area (Å²) in [6.45, 7) is 2.41. The van der Waals surface area contributed by atoms with Gasteiger partial charge in [0.05, 0.1) is 6.61 Å². The summed E-state index contributed by atoms with van der Waals surface area (Å²) in [6, 6.07) is 18.9. The standard InChI is InChI=1S/C19H18N2O3/c1-2-23-19(22)16(12-20)13-21-17-8-10-18(11-9-17)24-14-15-6-4-3-5-7-15/h3-11,13,21H,2,14H2,1H3/b16-13-. The van der Waals surface area contributed by atoms with Crippen molar-refractivity contribution in [2.24, 2.45) is 0 Å². The fourth-order valence-electron chi connectivity index (χ4n) is 1.89. The van der Waals surface area contributed by atoms with Crippen molar-refractivity contribution < 1.29 is 14.3 Å². The molecule has 2 aromatic carbocycles. The molecule has 0 atom stereocenters. The van der Waals surface area contributed by atoms with E-state index in [1.54, 1.807) is 25.1 Å². The largest absolute Gasteiger partial charge is 0.489 e. The lowest BCUT2D eigenvalue weighted by atomic mass is 10.2. The average Bonchev–Trinajstić information content (AvgIpc) is 2.62. The molecule has 122 valence electrons. The average molecular weight is 322 g/mol. The summed E-state index contributed by atoms with van der Waals surface area (Å²) < 4.78 is 10.5. The van der Waals surface area contributed by atoms with E-state index in [1.807, 2.05) is 42.5 Å². The second kappa shape index (κ2) is 9.01. The molecule has 0 radical (unpaired) electrons. The van der Waals surface area contributed by atoms with Gasteiger partial charge in [0.2, 0.25) is 0 Å². The fraction of sp³-hybridized carbons (Fsp3) is 0.158. The second-order valence-corrected chi connectivity index (χ2v) is 4.83. The van der Waals surface area contributed by atoms with E-state index < -0.39 is 5.97 Å². The van der Waals surface area contributed by atoms with Gasteiger partial charge in [-0.15, -0.1) is 0 Å². The van der Waals surface area contributed by atoms with Crippen molar-refractivity contribution in [3.05, 3.63) is 71.9 Å². The molecule has 0 aliphatic carbocycles. The highest BCUT2D eigenvalue weighted by Crippen LogP contribution is 2.17. The van der Waals surface area contributed by atoms with Crippen LogP contribution < -0.4 is 10.1 Å². The number of hydrogen-bond acceptors (Lipinski definition) is 5. The molecule has 0 fully saturated rings. The van der Waals surface area contributed by atoms with Crippen molar-refractivity contribution in [2.45, 2.75) is 13.5 Å². The highest BCUT2D eigenvalue weighted by Gasteiger charge is 2.08. The molecule has 0 bridgehead atoms. The van der Waals surface area contributed by atoms with Crippen LogP contribution in [0.3, 0.4) is 0 Å². The lowest BCUT2D eigenvalue weighted by molar-refractivity contribution is -0.138. The van der Waals surface area contributed by atoms with E-state index in [0.717, 1.165) is 17.0 Å². The predicted molar refractivity (Wildman–Crippen MR) is 91.2 cm³/mol. The maximum atomic E-state index is 11.5. The first-order chi connectivity index (χ1) is 11.7. The molecular weight excluding hydrogens is 304 g/mol. The summed E-state index contributed by atoms with van der Waals surface area (Å²) >= 11 is 0. The predicted octanol–water partition coefficient (Wildman–Crippen LogP) is 3.65. The number of nitrogens with zero attached hydrogens (tertiary/aromatic N) is 1.